The van der Waals surface area contributed by atoms with E-state index in [0.29, 0.717) is 0 Å². The van der Waals surface area contributed by atoms with Crippen molar-refractivity contribution in [2.24, 2.45) is 0 Å². The minimum Gasteiger partial charge on any atom is -0.135 e. The fourth-order valence-electron chi connectivity index (χ4n) is 2.50. The van der Waals surface area contributed by atoms with Crippen LogP contribution in [-0.4, -0.2) is 0 Å². The average molecular weight is 308 g/mol. The lowest BCUT2D eigenvalue weighted by Gasteiger charge is -1.99. The molecule has 3 aromatic carbocycles. The molecule has 0 unspecified atom stereocenters. The van der Waals surface area contributed by atoms with E-state index in [-0.39, 0.29) is 0 Å². The summed E-state index contributed by atoms with van der Waals surface area (Å²) in [7, 11) is 0. The molecular weight excluding hydrogens is 284 g/mol. The largest absolute Gasteiger partial charge is 0.135 e. The number of rotatable bonds is 0. The Kier molecular flexibility index (Phi) is 5.97. The van der Waals surface area contributed by atoms with Crippen molar-refractivity contribution in [1.82, 2.24) is 0 Å². The molecule has 0 amide bonds. The van der Waals surface area contributed by atoms with Crippen LogP contribution in [0.5, 0.6) is 0 Å². The van der Waals surface area contributed by atoms with Crippen molar-refractivity contribution in [1.29, 1.82) is 0 Å². The first-order valence-corrected chi connectivity index (χ1v) is 8.95. The molecule has 0 aliphatic heterocycles. The number of hydrogen-bond acceptors (Lipinski definition) is 1. The smallest absolute Gasteiger partial charge is 0.0361 e. The molecule has 0 atom stereocenters. The number of thiophene rings is 1. The third-order valence-electron chi connectivity index (χ3n) is 3.27. The number of fused-ring (bicyclic) bond motifs is 5. The summed E-state index contributed by atoms with van der Waals surface area (Å²) < 4.78 is 2.75. The van der Waals surface area contributed by atoms with Gasteiger partial charge in [-0.3, -0.25) is 0 Å². The van der Waals surface area contributed by atoms with Crippen LogP contribution in [0.2, 0.25) is 0 Å². The molecule has 0 fully saturated rings. The molecule has 0 aliphatic carbocycles. The van der Waals surface area contributed by atoms with Crippen molar-refractivity contribution in [3.8, 4) is 0 Å². The van der Waals surface area contributed by atoms with E-state index in [2.05, 4.69) is 74.5 Å². The number of benzene rings is 3. The van der Waals surface area contributed by atoms with Gasteiger partial charge in [-0.2, -0.15) is 0 Å². The molecule has 4 aromatic rings. The van der Waals surface area contributed by atoms with Crippen molar-refractivity contribution in [3.63, 3.8) is 0 Å². The van der Waals surface area contributed by atoms with Crippen molar-refractivity contribution < 1.29 is 0 Å². The van der Waals surface area contributed by atoms with Crippen molar-refractivity contribution in [3.05, 3.63) is 60.7 Å². The molecule has 0 aliphatic rings. The molecule has 1 aromatic heterocycles. The van der Waals surface area contributed by atoms with E-state index in [1.165, 1.54) is 37.4 Å². The van der Waals surface area contributed by atoms with Crippen LogP contribution in [0.3, 0.4) is 0 Å². The Balaban J connectivity index is 0.000000319. The second kappa shape index (κ2) is 7.95. The van der Waals surface area contributed by atoms with E-state index in [9.17, 15) is 0 Å². The number of hydrogen-bond donors (Lipinski definition) is 0. The molecule has 0 N–H and O–H groups in total. The Morgan fingerprint density at radius 1 is 0.682 bits per heavy atom. The molecule has 0 radical (unpaired) electrons. The van der Waals surface area contributed by atoms with Crippen LogP contribution in [0, 0.1) is 0 Å². The molecule has 1 heteroatoms. The zero-order chi connectivity index (χ0) is 15.9. The van der Waals surface area contributed by atoms with Gasteiger partial charge in [-0.05, 0) is 22.9 Å². The predicted octanol–water partition coefficient (Wildman–Crippen LogP) is 7.65. The summed E-state index contributed by atoms with van der Waals surface area (Å²) in [5, 5.41) is 5.47. The average Bonchev–Trinajstić information content (AvgIpc) is 2.96. The van der Waals surface area contributed by atoms with E-state index < -0.39 is 0 Å². The molecule has 0 saturated heterocycles. The molecular formula is C21H24S. The summed E-state index contributed by atoms with van der Waals surface area (Å²) in [5.41, 5.74) is 0. The zero-order valence-electron chi connectivity index (χ0n) is 13.9. The van der Waals surface area contributed by atoms with Crippen LogP contribution < -0.4 is 0 Å². The third-order valence-corrected chi connectivity index (χ3v) is 4.40. The lowest BCUT2D eigenvalue weighted by atomic mass is 10.0. The highest BCUT2D eigenvalue weighted by molar-refractivity contribution is 7.26. The van der Waals surface area contributed by atoms with E-state index >= 15 is 0 Å². The highest BCUT2D eigenvalue weighted by atomic mass is 32.1. The Labute approximate surface area is 137 Å². The molecule has 0 nitrogen and oxygen atoms in total. The van der Waals surface area contributed by atoms with Crippen LogP contribution in [0.25, 0.3) is 30.9 Å². The normalized spacial score (nSPS) is 10.0. The van der Waals surface area contributed by atoms with Crippen LogP contribution in [-0.2, 0) is 0 Å². The second-order valence-corrected chi connectivity index (χ2v) is 6.05. The van der Waals surface area contributed by atoms with Crippen molar-refractivity contribution in [2.45, 2.75) is 34.1 Å². The van der Waals surface area contributed by atoms with E-state index in [0.717, 1.165) is 0 Å². The zero-order valence-corrected chi connectivity index (χ0v) is 14.7. The van der Waals surface area contributed by atoms with Gasteiger partial charge in [-0.25, -0.2) is 0 Å². The highest BCUT2D eigenvalue weighted by Crippen LogP contribution is 2.37. The van der Waals surface area contributed by atoms with Gasteiger partial charge in [0.05, 0.1) is 0 Å². The predicted molar refractivity (Wildman–Crippen MR) is 104 cm³/mol. The second-order valence-electron chi connectivity index (χ2n) is 4.97. The van der Waals surface area contributed by atoms with Gasteiger partial charge in [0, 0.05) is 20.2 Å². The SMILES string of the molecule is CC.CCC.c1ccc2c(c1)ccc1sc3ccccc3c12. The van der Waals surface area contributed by atoms with Gasteiger partial charge in [0.15, 0.2) is 0 Å². The van der Waals surface area contributed by atoms with Crippen LogP contribution in [0.4, 0.5) is 0 Å². The molecule has 1 heterocycles. The molecule has 0 bridgehead atoms. The Morgan fingerprint density at radius 3 is 2.00 bits per heavy atom. The van der Waals surface area contributed by atoms with Crippen molar-refractivity contribution in [2.75, 3.05) is 0 Å². The maximum absolute atomic E-state index is 2.24. The lowest BCUT2D eigenvalue weighted by Crippen LogP contribution is -1.72. The highest BCUT2D eigenvalue weighted by Gasteiger charge is 2.07. The summed E-state index contributed by atoms with van der Waals surface area (Å²) in [6, 6.07) is 21.7. The van der Waals surface area contributed by atoms with Gasteiger partial charge in [0.25, 0.3) is 0 Å². The maximum atomic E-state index is 2.24. The summed E-state index contributed by atoms with van der Waals surface area (Å²) in [5.74, 6) is 0. The van der Waals surface area contributed by atoms with Crippen LogP contribution in [0.15, 0.2) is 60.7 Å². The van der Waals surface area contributed by atoms with E-state index in [4.69, 9.17) is 0 Å². The van der Waals surface area contributed by atoms with E-state index in [1.54, 1.807) is 0 Å². The van der Waals surface area contributed by atoms with Gasteiger partial charge in [-0.1, -0.05) is 82.6 Å². The van der Waals surface area contributed by atoms with Crippen molar-refractivity contribution >= 4 is 42.3 Å². The van der Waals surface area contributed by atoms with Gasteiger partial charge in [0.2, 0.25) is 0 Å². The summed E-state index contributed by atoms with van der Waals surface area (Å²) in [6.07, 6.45) is 1.25. The maximum Gasteiger partial charge on any atom is 0.0361 e. The van der Waals surface area contributed by atoms with E-state index in [1.807, 2.05) is 25.2 Å². The summed E-state index contributed by atoms with van der Waals surface area (Å²) in [4.78, 5) is 0. The molecule has 0 spiro atoms. The van der Waals surface area contributed by atoms with Gasteiger partial charge < -0.3 is 0 Å². The summed E-state index contributed by atoms with van der Waals surface area (Å²) in [6.45, 7) is 8.25. The molecule has 4 rings (SSSR count). The lowest BCUT2D eigenvalue weighted by molar-refractivity contribution is 1.09. The summed E-state index contributed by atoms with van der Waals surface area (Å²) >= 11 is 1.88. The first-order chi connectivity index (χ1) is 10.8. The minimum atomic E-state index is 1.25. The topological polar surface area (TPSA) is 0 Å². The third kappa shape index (κ3) is 3.15. The Morgan fingerprint density at radius 2 is 1.27 bits per heavy atom. The standard InChI is InChI=1S/C16H10S.C3H8.C2H6/c1-2-6-12-11(5-1)9-10-15-16(12)13-7-3-4-8-14(13)17-15;1-3-2;1-2/h1-10H;3H2,1-2H3;1-2H3. The van der Waals surface area contributed by atoms with Gasteiger partial charge in [0.1, 0.15) is 0 Å². The minimum absolute atomic E-state index is 1.25. The fourth-order valence-corrected chi connectivity index (χ4v) is 3.62. The Hall–Kier alpha value is -1.86. The molecule has 22 heavy (non-hydrogen) atoms. The fraction of sp³-hybridized carbons (Fsp3) is 0.238. The monoisotopic (exact) mass is 308 g/mol. The Bertz CT molecular complexity index is 849. The van der Waals surface area contributed by atoms with Crippen LogP contribution in [0.1, 0.15) is 34.1 Å². The first kappa shape index (κ1) is 16.5. The molecule has 114 valence electrons. The quantitative estimate of drug-likeness (QED) is 0.313. The first-order valence-electron chi connectivity index (χ1n) is 8.14. The van der Waals surface area contributed by atoms with Gasteiger partial charge in [-0.15, -0.1) is 11.3 Å². The molecule has 0 saturated carbocycles. The van der Waals surface area contributed by atoms with Gasteiger partial charge >= 0.3 is 0 Å². The van der Waals surface area contributed by atoms with Crippen LogP contribution >= 0.6 is 11.3 Å².